The molecule has 2 heterocycles. The molecule has 134 valence electrons. The molecule has 0 atom stereocenters. The Morgan fingerprint density at radius 1 is 1.24 bits per heavy atom. The molecular weight excluding hydrogens is 325 g/mol. The molecule has 8 heteroatoms. The van der Waals surface area contributed by atoms with Crippen LogP contribution >= 0.6 is 0 Å². The molecule has 2 aromatic rings. The van der Waals surface area contributed by atoms with Gasteiger partial charge in [0.15, 0.2) is 0 Å². The fourth-order valence-corrected chi connectivity index (χ4v) is 2.74. The van der Waals surface area contributed by atoms with E-state index in [1.54, 1.807) is 24.1 Å². The highest BCUT2D eigenvalue weighted by molar-refractivity contribution is 5.91. The third-order valence-corrected chi connectivity index (χ3v) is 4.20. The molecule has 0 N–H and O–H groups in total. The van der Waals surface area contributed by atoms with Gasteiger partial charge in [-0.3, -0.25) is 9.69 Å². The number of carbonyl (C=O) groups excluding carboxylic acids is 1. The number of nitrogens with zero attached hydrogens (tertiary/aromatic N) is 5. The Morgan fingerprint density at radius 2 is 2.00 bits per heavy atom. The predicted molar refractivity (Wildman–Crippen MR) is 89.8 cm³/mol. The summed E-state index contributed by atoms with van der Waals surface area (Å²) < 4.78 is 20.3. The SMILES string of the molecule is CN(CCCOc1ccc(F)cc1)Cc1nnc2n1CCN(C)C2=O. The van der Waals surface area contributed by atoms with Crippen molar-refractivity contribution < 1.29 is 13.9 Å². The Hall–Kier alpha value is -2.48. The van der Waals surface area contributed by atoms with Gasteiger partial charge in [-0.05, 0) is 37.7 Å². The summed E-state index contributed by atoms with van der Waals surface area (Å²) in [6.45, 7) is 3.39. The average molecular weight is 347 g/mol. The minimum Gasteiger partial charge on any atom is -0.494 e. The molecule has 1 aromatic heterocycles. The van der Waals surface area contributed by atoms with Gasteiger partial charge in [0.1, 0.15) is 17.4 Å². The molecule has 1 aliphatic heterocycles. The number of hydrogen-bond acceptors (Lipinski definition) is 5. The maximum Gasteiger partial charge on any atom is 0.291 e. The van der Waals surface area contributed by atoms with Gasteiger partial charge < -0.3 is 14.2 Å². The highest BCUT2D eigenvalue weighted by atomic mass is 19.1. The minimum atomic E-state index is -0.270. The van der Waals surface area contributed by atoms with Gasteiger partial charge in [0, 0.05) is 26.7 Å². The van der Waals surface area contributed by atoms with E-state index in [2.05, 4.69) is 15.1 Å². The Morgan fingerprint density at radius 3 is 2.76 bits per heavy atom. The van der Waals surface area contributed by atoms with E-state index in [4.69, 9.17) is 4.74 Å². The molecule has 0 unspecified atom stereocenters. The van der Waals surface area contributed by atoms with E-state index in [-0.39, 0.29) is 11.7 Å². The van der Waals surface area contributed by atoms with E-state index in [0.29, 0.717) is 31.3 Å². The molecule has 1 aromatic carbocycles. The maximum atomic E-state index is 12.8. The van der Waals surface area contributed by atoms with Gasteiger partial charge in [-0.1, -0.05) is 0 Å². The monoisotopic (exact) mass is 347 g/mol. The number of fused-ring (bicyclic) bond motifs is 1. The average Bonchev–Trinajstić information content (AvgIpc) is 3.00. The number of halogens is 1. The predicted octanol–water partition coefficient (Wildman–Crippen LogP) is 1.40. The van der Waals surface area contributed by atoms with Crippen LogP contribution in [-0.2, 0) is 13.1 Å². The summed E-state index contributed by atoms with van der Waals surface area (Å²) in [5.41, 5.74) is 0. The van der Waals surface area contributed by atoms with Crippen molar-refractivity contribution in [1.29, 1.82) is 0 Å². The fourth-order valence-electron chi connectivity index (χ4n) is 2.74. The third-order valence-electron chi connectivity index (χ3n) is 4.20. The summed E-state index contributed by atoms with van der Waals surface area (Å²) in [5.74, 6) is 1.53. The van der Waals surface area contributed by atoms with Crippen molar-refractivity contribution in [3.8, 4) is 5.75 Å². The number of carbonyl (C=O) groups is 1. The molecule has 3 rings (SSSR count). The lowest BCUT2D eigenvalue weighted by Gasteiger charge is -2.24. The smallest absolute Gasteiger partial charge is 0.291 e. The Balaban J connectivity index is 1.45. The molecule has 0 spiro atoms. The summed E-state index contributed by atoms with van der Waals surface area (Å²) >= 11 is 0. The van der Waals surface area contributed by atoms with Crippen molar-refractivity contribution in [2.75, 3.05) is 33.8 Å². The first-order valence-electron chi connectivity index (χ1n) is 8.29. The van der Waals surface area contributed by atoms with Gasteiger partial charge in [0.05, 0.1) is 13.2 Å². The second-order valence-corrected chi connectivity index (χ2v) is 6.21. The zero-order valence-electron chi connectivity index (χ0n) is 14.5. The van der Waals surface area contributed by atoms with Crippen LogP contribution < -0.4 is 4.74 Å². The van der Waals surface area contributed by atoms with Crippen molar-refractivity contribution in [3.05, 3.63) is 41.7 Å². The summed E-state index contributed by atoms with van der Waals surface area (Å²) in [4.78, 5) is 15.8. The van der Waals surface area contributed by atoms with Crippen molar-refractivity contribution >= 4 is 5.91 Å². The normalized spacial score (nSPS) is 14.1. The van der Waals surface area contributed by atoms with Crippen LogP contribution in [0.5, 0.6) is 5.75 Å². The topological polar surface area (TPSA) is 63.5 Å². The van der Waals surface area contributed by atoms with Crippen LogP contribution in [0.1, 0.15) is 22.9 Å². The van der Waals surface area contributed by atoms with E-state index in [1.807, 2.05) is 11.6 Å². The van der Waals surface area contributed by atoms with Gasteiger partial charge in [0.25, 0.3) is 5.91 Å². The lowest BCUT2D eigenvalue weighted by molar-refractivity contribution is 0.0739. The number of aromatic nitrogens is 3. The van der Waals surface area contributed by atoms with Gasteiger partial charge in [-0.2, -0.15) is 0 Å². The van der Waals surface area contributed by atoms with Crippen LogP contribution in [0.15, 0.2) is 24.3 Å². The first-order valence-corrected chi connectivity index (χ1v) is 8.29. The van der Waals surface area contributed by atoms with Crippen LogP contribution in [0.4, 0.5) is 4.39 Å². The molecule has 0 bridgehead atoms. The minimum absolute atomic E-state index is 0.0830. The van der Waals surface area contributed by atoms with Crippen LogP contribution in [0.3, 0.4) is 0 Å². The van der Waals surface area contributed by atoms with Gasteiger partial charge in [-0.25, -0.2) is 4.39 Å². The number of rotatable bonds is 7. The molecule has 25 heavy (non-hydrogen) atoms. The number of ether oxygens (including phenoxy) is 1. The molecule has 7 nitrogen and oxygen atoms in total. The third kappa shape index (κ3) is 4.14. The number of likely N-dealkylation sites (N-methyl/N-ethyl adjacent to an activating group) is 1. The Bertz CT molecular complexity index is 731. The second-order valence-electron chi connectivity index (χ2n) is 6.21. The standard InChI is InChI=1S/C17H22FN5O2/c1-21(8-3-11-25-14-6-4-13(18)5-7-14)12-15-19-20-16-17(24)22(2)9-10-23(15)16/h4-7H,3,8-12H2,1-2H3. The maximum absolute atomic E-state index is 12.8. The highest BCUT2D eigenvalue weighted by Gasteiger charge is 2.26. The van der Waals surface area contributed by atoms with Crippen molar-refractivity contribution in [2.24, 2.45) is 0 Å². The molecular formula is C17H22FN5O2. The first-order chi connectivity index (χ1) is 12.0. The summed E-state index contributed by atoms with van der Waals surface area (Å²) in [6.07, 6.45) is 0.830. The summed E-state index contributed by atoms with van der Waals surface area (Å²) in [6, 6.07) is 6.01. The molecule has 0 aliphatic carbocycles. The van der Waals surface area contributed by atoms with Crippen molar-refractivity contribution in [2.45, 2.75) is 19.5 Å². The lowest BCUT2D eigenvalue weighted by atomic mass is 10.3. The van der Waals surface area contributed by atoms with Crippen LogP contribution in [0.25, 0.3) is 0 Å². The van der Waals surface area contributed by atoms with E-state index in [0.717, 1.165) is 25.3 Å². The number of amides is 1. The van der Waals surface area contributed by atoms with Crippen LogP contribution in [0.2, 0.25) is 0 Å². The largest absolute Gasteiger partial charge is 0.494 e. The molecule has 0 saturated heterocycles. The van der Waals surface area contributed by atoms with Crippen molar-refractivity contribution in [3.63, 3.8) is 0 Å². The molecule has 0 fully saturated rings. The van der Waals surface area contributed by atoms with E-state index in [9.17, 15) is 9.18 Å². The van der Waals surface area contributed by atoms with Gasteiger partial charge in [0.2, 0.25) is 5.82 Å². The highest BCUT2D eigenvalue weighted by Crippen LogP contribution is 2.13. The zero-order chi connectivity index (χ0) is 17.8. The van der Waals surface area contributed by atoms with E-state index in [1.165, 1.54) is 12.1 Å². The van der Waals surface area contributed by atoms with E-state index >= 15 is 0 Å². The van der Waals surface area contributed by atoms with Crippen LogP contribution in [0, 0.1) is 5.82 Å². The van der Waals surface area contributed by atoms with Gasteiger partial charge >= 0.3 is 0 Å². The van der Waals surface area contributed by atoms with Gasteiger partial charge in [-0.15, -0.1) is 10.2 Å². The molecule has 1 aliphatic rings. The second kappa shape index (κ2) is 7.60. The zero-order valence-corrected chi connectivity index (χ0v) is 14.5. The van der Waals surface area contributed by atoms with Crippen LogP contribution in [-0.4, -0.2) is 64.3 Å². The first kappa shape index (κ1) is 17.3. The Labute approximate surface area is 146 Å². The quantitative estimate of drug-likeness (QED) is 0.709. The fraction of sp³-hybridized carbons (Fsp3) is 0.471. The van der Waals surface area contributed by atoms with E-state index < -0.39 is 0 Å². The Kier molecular flexibility index (Phi) is 5.28. The molecule has 0 saturated carbocycles. The molecule has 0 radical (unpaired) electrons. The summed E-state index contributed by atoms with van der Waals surface area (Å²) in [5, 5.41) is 8.19. The number of benzene rings is 1. The lowest BCUT2D eigenvalue weighted by Crippen LogP contribution is -2.38. The molecule has 1 amide bonds. The number of hydrogen-bond donors (Lipinski definition) is 0. The van der Waals surface area contributed by atoms with Crippen molar-refractivity contribution in [1.82, 2.24) is 24.6 Å². The summed E-state index contributed by atoms with van der Waals surface area (Å²) in [7, 11) is 3.77.